The molecule has 0 bridgehead atoms. The summed E-state index contributed by atoms with van der Waals surface area (Å²) in [6.45, 7) is 1.61. The van der Waals surface area contributed by atoms with Gasteiger partial charge in [-0.2, -0.15) is 0 Å². The average Bonchev–Trinajstić information content (AvgIpc) is 2.03. The summed E-state index contributed by atoms with van der Waals surface area (Å²) in [5.74, 6) is -1.39. The van der Waals surface area contributed by atoms with Gasteiger partial charge in [0.05, 0.1) is 11.6 Å². The van der Waals surface area contributed by atoms with E-state index < -0.39 is 11.9 Å². The Bertz CT molecular complexity index is 296. The Morgan fingerprint density at radius 3 is 2.75 bits per heavy atom. The molecule has 0 saturated heterocycles. The topological polar surface area (TPSA) is 61.1 Å². The minimum Gasteiger partial charge on any atom is -0.481 e. The summed E-state index contributed by atoms with van der Waals surface area (Å²) in [5, 5.41) is 8.67. The normalized spacial score (nSPS) is 12.4. The molecule has 0 fully saturated rings. The lowest BCUT2D eigenvalue weighted by Crippen LogP contribution is -2.06. The molecule has 0 aromatic heterocycles. The van der Waals surface area contributed by atoms with Gasteiger partial charge in [0.25, 0.3) is 0 Å². The van der Waals surface area contributed by atoms with Crippen LogP contribution in [-0.4, -0.2) is 11.1 Å². The van der Waals surface area contributed by atoms with Crippen LogP contribution in [-0.2, 0) is 4.79 Å². The van der Waals surface area contributed by atoms with Gasteiger partial charge in [-0.05, 0) is 24.6 Å². The maximum atomic E-state index is 10.5. The van der Waals surface area contributed by atoms with Crippen LogP contribution in [0.3, 0.4) is 0 Å². The van der Waals surface area contributed by atoms with E-state index in [4.69, 9.17) is 10.8 Å². The molecule has 1 rings (SSSR count). The molecule has 0 saturated carbocycles. The quantitative estimate of drug-likeness (QED) is 0.724. The number of nitrogens with one attached hydrogen (secondary N) is 1. The first-order chi connectivity index (χ1) is 5.61. The molecule has 0 aliphatic rings. The zero-order valence-corrected chi connectivity index (χ0v) is 6.74. The molecule has 63 valence electrons. The first kappa shape index (κ1) is 8.59. The second-order valence-corrected chi connectivity index (χ2v) is 2.69. The number of benzene rings is 1. The number of carboxylic acid groups (broad SMARTS) is 1. The van der Waals surface area contributed by atoms with Crippen molar-refractivity contribution >= 4 is 11.7 Å². The highest BCUT2D eigenvalue weighted by Gasteiger charge is 2.12. The number of carboxylic acids is 1. The predicted octanol–water partition coefficient (Wildman–Crippen LogP) is 1.79. The molecular weight excluding hydrogens is 154 g/mol. The Labute approximate surface area is 70.8 Å². The molecule has 2 N–H and O–H groups in total. The van der Waals surface area contributed by atoms with Crippen LogP contribution in [0.1, 0.15) is 18.4 Å². The Balaban J connectivity index is 2.95. The molecule has 3 heteroatoms. The van der Waals surface area contributed by atoms with Crippen LogP contribution < -0.4 is 5.73 Å². The number of carbonyl (C=O) groups is 1. The van der Waals surface area contributed by atoms with Crippen molar-refractivity contribution in [1.29, 1.82) is 0 Å². The van der Waals surface area contributed by atoms with Gasteiger partial charge in [0.2, 0.25) is 0 Å². The van der Waals surface area contributed by atoms with Crippen molar-refractivity contribution in [2.45, 2.75) is 12.8 Å². The number of hydrogen-bond acceptors (Lipinski definition) is 1. The first-order valence-corrected chi connectivity index (χ1v) is 3.65. The minimum atomic E-state index is -0.861. The largest absolute Gasteiger partial charge is 0.481 e. The van der Waals surface area contributed by atoms with Gasteiger partial charge in [0, 0.05) is 0 Å². The van der Waals surface area contributed by atoms with Crippen molar-refractivity contribution in [2.75, 3.05) is 0 Å². The lowest BCUT2D eigenvalue weighted by Gasteiger charge is -2.05. The highest BCUT2D eigenvalue weighted by atomic mass is 16.4. The summed E-state index contributed by atoms with van der Waals surface area (Å²) in [6.07, 6.45) is 0. The van der Waals surface area contributed by atoms with E-state index in [2.05, 4.69) is 0 Å². The van der Waals surface area contributed by atoms with Crippen LogP contribution in [0.5, 0.6) is 0 Å². The first-order valence-electron chi connectivity index (χ1n) is 3.65. The molecule has 0 heterocycles. The van der Waals surface area contributed by atoms with Crippen LogP contribution in [0.25, 0.3) is 0 Å². The Morgan fingerprint density at radius 2 is 2.25 bits per heavy atom. The Morgan fingerprint density at radius 1 is 1.58 bits per heavy atom. The molecule has 1 radical (unpaired) electrons. The van der Waals surface area contributed by atoms with Crippen molar-refractivity contribution in [3.05, 3.63) is 29.8 Å². The van der Waals surface area contributed by atoms with Crippen molar-refractivity contribution < 1.29 is 9.90 Å². The third-order valence-corrected chi connectivity index (χ3v) is 1.76. The summed E-state index contributed by atoms with van der Waals surface area (Å²) in [4.78, 5) is 10.5. The van der Waals surface area contributed by atoms with E-state index in [-0.39, 0.29) is 0 Å². The molecule has 0 aliphatic heterocycles. The van der Waals surface area contributed by atoms with Crippen LogP contribution >= 0.6 is 0 Å². The third-order valence-electron chi connectivity index (χ3n) is 1.76. The van der Waals surface area contributed by atoms with Crippen molar-refractivity contribution in [1.82, 2.24) is 5.73 Å². The smallest absolute Gasteiger partial charge is 0.310 e. The van der Waals surface area contributed by atoms with E-state index in [0.717, 1.165) is 0 Å². The van der Waals surface area contributed by atoms with E-state index in [1.165, 1.54) is 0 Å². The summed E-state index contributed by atoms with van der Waals surface area (Å²) >= 11 is 0. The fourth-order valence-corrected chi connectivity index (χ4v) is 0.951. The zero-order chi connectivity index (χ0) is 9.14. The standard InChI is InChI=1S/C9H10NO2/c1-6(9(11)12)7-3-2-4-8(10)5-7/h2-6,10H,1H3,(H,11,12). The van der Waals surface area contributed by atoms with E-state index in [1.54, 1.807) is 31.2 Å². The second kappa shape index (κ2) is 3.26. The molecule has 1 unspecified atom stereocenters. The van der Waals surface area contributed by atoms with Crippen molar-refractivity contribution in [2.24, 2.45) is 0 Å². The van der Waals surface area contributed by atoms with E-state index in [1.807, 2.05) is 0 Å². The molecule has 0 aliphatic carbocycles. The highest BCUT2D eigenvalue weighted by molar-refractivity contribution is 5.75. The lowest BCUT2D eigenvalue weighted by molar-refractivity contribution is -0.138. The molecule has 1 atom stereocenters. The van der Waals surface area contributed by atoms with Crippen molar-refractivity contribution in [3.8, 4) is 0 Å². The SMILES string of the molecule is CC(C(=O)O)c1cccc([NH])c1. The maximum absolute atomic E-state index is 10.5. The molecular formula is C9H10NO2. The number of rotatable bonds is 2. The van der Waals surface area contributed by atoms with Gasteiger partial charge in [0.1, 0.15) is 0 Å². The van der Waals surface area contributed by atoms with Crippen LogP contribution in [0, 0.1) is 0 Å². The molecule has 3 nitrogen and oxygen atoms in total. The summed E-state index contributed by atoms with van der Waals surface area (Å²) < 4.78 is 0. The molecule has 1 aromatic carbocycles. The second-order valence-electron chi connectivity index (χ2n) is 2.69. The molecule has 0 amide bonds. The van der Waals surface area contributed by atoms with Gasteiger partial charge in [0.15, 0.2) is 0 Å². The van der Waals surface area contributed by atoms with E-state index in [9.17, 15) is 4.79 Å². The third kappa shape index (κ3) is 1.75. The minimum absolute atomic E-state index is 0.348. The summed E-state index contributed by atoms with van der Waals surface area (Å²) in [7, 11) is 0. The van der Waals surface area contributed by atoms with Crippen LogP contribution in [0.2, 0.25) is 0 Å². The van der Waals surface area contributed by atoms with Gasteiger partial charge in [-0.3, -0.25) is 4.79 Å². The van der Waals surface area contributed by atoms with Gasteiger partial charge < -0.3 is 10.8 Å². The van der Waals surface area contributed by atoms with Crippen LogP contribution in [0.15, 0.2) is 24.3 Å². The van der Waals surface area contributed by atoms with E-state index >= 15 is 0 Å². The van der Waals surface area contributed by atoms with Crippen LogP contribution in [0.4, 0.5) is 5.69 Å². The number of aliphatic carboxylic acids is 1. The zero-order valence-electron chi connectivity index (χ0n) is 6.74. The number of hydrogen-bond donors (Lipinski definition) is 1. The fourth-order valence-electron chi connectivity index (χ4n) is 0.951. The fraction of sp³-hybridized carbons (Fsp3) is 0.222. The maximum Gasteiger partial charge on any atom is 0.310 e. The van der Waals surface area contributed by atoms with Gasteiger partial charge >= 0.3 is 5.97 Å². The summed E-state index contributed by atoms with van der Waals surface area (Å²) in [5.41, 5.74) is 8.30. The summed E-state index contributed by atoms with van der Waals surface area (Å²) in [6, 6.07) is 6.60. The molecule has 1 aromatic rings. The van der Waals surface area contributed by atoms with Crippen molar-refractivity contribution in [3.63, 3.8) is 0 Å². The van der Waals surface area contributed by atoms with Gasteiger partial charge in [-0.25, -0.2) is 0 Å². The molecule has 0 spiro atoms. The molecule has 12 heavy (non-hydrogen) atoms. The highest BCUT2D eigenvalue weighted by Crippen LogP contribution is 2.17. The predicted molar refractivity (Wildman–Crippen MR) is 45.2 cm³/mol. The lowest BCUT2D eigenvalue weighted by atomic mass is 10.0. The Kier molecular flexibility index (Phi) is 2.33. The van der Waals surface area contributed by atoms with Gasteiger partial charge in [-0.15, -0.1) is 0 Å². The van der Waals surface area contributed by atoms with Gasteiger partial charge in [-0.1, -0.05) is 12.1 Å². The Hall–Kier alpha value is -1.51. The average molecular weight is 164 g/mol. The monoisotopic (exact) mass is 164 g/mol. The van der Waals surface area contributed by atoms with E-state index in [0.29, 0.717) is 11.3 Å².